The predicted molar refractivity (Wildman–Crippen MR) is 143 cm³/mol. The highest BCUT2D eigenvalue weighted by atomic mass is 28.4. The Labute approximate surface area is 209 Å². The van der Waals surface area contributed by atoms with Gasteiger partial charge in [-0.1, -0.05) is 62.3 Å². The first-order valence-corrected chi connectivity index (χ1v) is 15.5. The molecular weight excluding hydrogens is 448 g/mol. The maximum Gasteiger partial charge on any atom is 0.250 e. The van der Waals surface area contributed by atoms with Gasteiger partial charge in [0, 0.05) is 23.6 Å². The Kier molecular flexibility index (Phi) is 6.14. The molecule has 4 nitrogen and oxygen atoms in total. The molecule has 1 unspecified atom stereocenters. The van der Waals surface area contributed by atoms with Crippen molar-refractivity contribution in [1.29, 1.82) is 0 Å². The van der Waals surface area contributed by atoms with Gasteiger partial charge in [-0.05, 0) is 60.8 Å². The second-order valence-electron chi connectivity index (χ2n) is 11.1. The Morgan fingerprint density at radius 3 is 2.11 bits per heavy atom. The van der Waals surface area contributed by atoms with Crippen LogP contribution < -0.4 is 8.99 Å². The molecule has 4 aromatic rings. The molecule has 0 bridgehead atoms. The van der Waals surface area contributed by atoms with Gasteiger partial charge in [-0.3, -0.25) is 0 Å². The Morgan fingerprint density at radius 2 is 1.51 bits per heavy atom. The van der Waals surface area contributed by atoms with Crippen LogP contribution in [-0.4, -0.2) is 13.5 Å². The monoisotopic (exact) mass is 483 g/mol. The van der Waals surface area contributed by atoms with E-state index in [4.69, 9.17) is 8.95 Å². The fraction of sp³-hybridized carbons (Fsp3) is 0.333. The van der Waals surface area contributed by atoms with Crippen LogP contribution in [-0.2, 0) is 0 Å². The van der Waals surface area contributed by atoms with Crippen LogP contribution in [0, 0.1) is 5.92 Å². The fourth-order valence-corrected chi connectivity index (χ4v) is 5.35. The van der Waals surface area contributed by atoms with Crippen LogP contribution in [0.1, 0.15) is 45.4 Å². The molecule has 2 aromatic heterocycles. The lowest BCUT2D eigenvalue weighted by atomic mass is 9.95. The van der Waals surface area contributed by atoms with Crippen molar-refractivity contribution in [3.63, 3.8) is 0 Å². The lowest BCUT2D eigenvalue weighted by molar-refractivity contribution is -0.719. The summed E-state index contributed by atoms with van der Waals surface area (Å²) in [5, 5.41) is 4.80. The molecule has 0 aliphatic heterocycles. The standard InChI is InChI=1S/C30H35N2O2Si/c1-30(2,3)35(4,5)34-25-18-16-23(17-19-25)27-26(22-12-8-6-9-13-22)29(33-31-27)28(24-14-15-24)32-20-10-7-11-21-32/h6-13,16-21,24,28H,14-15H2,1-5H3/q+1. The number of hydrogen-bond donors (Lipinski definition) is 0. The van der Waals surface area contributed by atoms with Crippen molar-refractivity contribution in [3.05, 3.63) is 91.0 Å². The van der Waals surface area contributed by atoms with Gasteiger partial charge in [0.15, 0.2) is 12.4 Å². The summed E-state index contributed by atoms with van der Waals surface area (Å²) < 4.78 is 15.0. The zero-order valence-electron chi connectivity index (χ0n) is 21.4. The summed E-state index contributed by atoms with van der Waals surface area (Å²) >= 11 is 0. The van der Waals surface area contributed by atoms with Gasteiger partial charge in [0.2, 0.25) is 20.1 Å². The maximum absolute atomic E-state index is 6.50. The Balaban J connectivity index is 1.56. The quantitative estimate of drug-likeness (QED) is 0.200. The van der Waals surface area contributed by atoms with E-state index in [9.17, 15) is 0 Å². The second-order valence-corrected chi connectivity index (χ2v) is 15.9. The lowest BCUT2D eigenvalue weighted by Crippen LogP contribution is -2.43. The minimum absolute atomic E-state index is 0.133. The molecule has 2 heterocycles. The van der Waals surface area contributed by atoms with Gasteiger partial charge < -0.3 is 8.95 Å². The molecule has 0 saturated heterocycles. The first kappa shape index (κ1) is 23.6. The smallest absolute Gasteiger partial charge is 0.250 e. The minimum atomic E-state index is -1.90. The Bertz CT molecular complexity index is 1270. The minimum Gasteiger partial charge on any atom is -0.544 e. The molecule has 35 heavy (non-hydrogen) atoms. The Hall–Kier alpha value is -3.18. The van der Waals surface area contributed by atoms with E-state index in [2.05, 4.69) is 123 Å². The zero-order chi connectivity index (χ0) is 24.6. The van der Waals surface area contributed by atoms with Crippen LogP contribution >= 0.6 is 0 Å². The van der Waals surface area contributed by atoms with Crippen molar-refractivity contribution in [2.45, 2.75) is 57.8 Å². The molecule has 0 radical (unpaired) electrons. The molecule has 5 rings (SSSR count). The summed E-state index contributed by atoms with van der Waals surface area (Å²) in [6.45, 7) is 11.3. The average molecular weight is 484 g/mol. The number of aromatic nitrogens is 2. The molecule has 2 aromatic carbocycles. The first-order valence-electron chi connectivity index (χ1n) is 12.5. The maximum atomic E-state index is 6.50. The van der Waals surface area contributed by atoms with Gasteiger partial charge in [-0.15, -0.1) is 0 Å². The van der Waals surface area contributed by atoms with E-state index in [1.807, 2.05) is 6.07 Å². The molecule has 1 fully saturated rings. The molecule has 180 valence electrons. The first-order chi connectivity index (χ1) is 16.7. The van der Waals surface area contributed by atoms with E-state index < -0.39 is 8.32 Å². The zero-order valence-corrected chi connectivity index (χ0v) is 22.4. The third kappa shape index (κ3) is 4.83. The predicted octanol–water partition coefficient (Wildman–Crippen LogP) is 7.68. The van der Waals surface area contributed by atoms with Gasteiger partial charge in [0.1, 0.15) is 11.4 Å². The van der Waals surface area contributed by atoms with Crippen LogP contribution in [0.3, 0.4) is 0 Å². The van der Waals surface area contributed by atoms with Crippen LogP contribution in [0.15, 0.2) is 89.7 Å². The molecular formula is C30H35N2O2Si+. The number of nitrogens with zero attached hydrogens (tertiary/aromatic N) is 2. The van der Waals surface area contributed by atoms with Gasteiger partial charge in [0.05, 0.1) is 5.56 Å². The van der Waals surface area contributed by atoms with Crippen molar-refractivity contribution < 1.29 is 13.5 Å². The van der Waals surface area contributed by atoms with Crippen molar-refractivity contribution in [1.82, 2.24) is 5.16 Å². The van der Waals surface area contributed by atoms with E-state index in [1.54, 1.807) is 0 Å². The van der Waals surface area contributed by atoms with Crippen molar-refractivity contribution in [2.24, 2.45) is 5.92 Å². The van der Waals surface area contributed by atoms with E-state index in [1.165, 1.54) is 12.8 Å². The topological polar surface area (TPSA) is 39.1 Å². The molecule has 5 heteroatoms. The fourth-order valence-electron chi connectivity index (χ4n) is 4.32. The molecule has 0 amide bonds. The summed E-state index contributed by atoms with van der Waals surface area (Å²) in [7, 11) is -1.90. The summed E-state index contributed by atoms with van der Waals surface area (Å²) in [4.78, 5) is 0. The number of pyridine rings is 1. The highest BCUT2D eigenvalue weighted by Crippen LogP contribution is 2.46. The van der Waals surface area contributed by atoms with Gasteiger partial charge in [-0.2, -0.15) is 4.57 Å². The van der Waals surface area contributed by atoms with Crippen molar-refractivity contribution in [3.8, 4) is 28.1 Å². The van der Waals surface area contributed by atoms with E-state index >= 15 is 0 Å². The third-order valence-corrected chi connectivity index (χ3v) is 11.8. The highest BCUT2D eigenvalue weighted by molar-refractivity contribution is 6.74. The summed E-state index contributed by atoms with van der Waals surface area (Å²) in [5.41, 5.74) is 4.13. The number of hydrogen-bond acceptors (Lipinski definition) is 3. The van der Waals surface area contributed by atoms with Gasteiger partial charge >= 0.3 is 0 Å². The van der Waals surface area contributed by atoms with Crippen molar-refractivity contribution in [2.75, 3.05) is 0 Å². The molecule has 1 atom stereocenters. The van der Waals surface area contributed by atoms with Gasteiger partial charge in [-0.25, -0.2) is 0 Å². The second kappa shape index (κ2) is 9.12. The third-order valence-electron chi connectivity index (χ3n) is 7.48. The SMILES string of the molecule is CC(C)(C)[Si](C)(C)Oc1ccc(-c2noc(C(C3CC3)[n+]3ccccc3)c2-c2ccccc2)cc1. The van der Waals surface area contributed by atoms with Crippen LogP contribution in [0.2, 0.25) is 18.1 Å². The molecule has 1 aliphatic rings. The van der Waals surface area contributed by atoms with Crippen LogP contribution in [0.4, 0.5) is 0 Å². The molecule has 0 spiro atoms. The Morgan fingerprint density at radius 1 is 0.886 bits per heavy atom. The summed E-state index contributed by atoms with van der Waals surface area (Å²) in [5.74, 6) is 2.42. The average Bonchev–Trinajstić information content (AvgIpc) is 3.58. The van der Waals surface area contributed by atoms with E-state index in [0.717, 1.165) is 33.9 Å². The van der Waals surface area contributed by atoms with E-state index in [-0.39, 0.29) is 11.1 Å². The molecule has 0 N–H and O–H groups in total. The van der Waals surface area contributed by atoms with Crippen LogP contribution in [0.25, 0.3) is 22.4 Å². The number of benzene rings is 2. The summed E-state index contributed by atoms with van der Waals surface area (Å²) in [6, 6.07) is 25.2. The summed E-state index contributed by atoms with van der Waals surface area (Å²) in [6.07, 6.45) is 6.67. The largest absolute Gasteiger partial charge is 0.544 e. The number of rotatable bonds is 7. The molecule has 1 aliphatic carbocycles. The van der Waals surface area contributed by atoms with E-state index in [0.29, 0.717) is 5.92 Å². The van der Waals surface area contributed by atoms with Crippen molar-refractivity contribution >= 4 is 8.32 Å². The molecule has 1 saturated carbocycles. The highest BCUT2D eigenvalue weighted by Gasteiger charge is 2.44. The van der Waals surface area contributed by atoms with Crippen LogP contribution in [0.5, 0.6) is 5.75 Å². The van der Waals surface area contributed by atoms with Gasteiger partial charge in [0.25, 0.3) is 0 Å². The normalized spacial score (nSPS) is 15.1. The lowest BCUT2D eigenvalue weighted by Gasteiger charge is -2.36.